The number of aliphatic hydroxyl groups excluding tert-OH is 1. The van der Waals surface area contributed by atoms with Crippen LogP contribution in [0.5, 0.6) is 0 Å². The number of hydrogen-bond donors (Lipinski definition) is 1. The minimum Gasteiger partial charge on any atom is -0.387 e. The quantitative estimate of drug-likeness (QED) is 0.928. The van der Waals surface area contributed by atoms with Gasteiger partial charge in [0, 0.05) is 12.1 Å². The summed E-state index contributed by atoms with van der Waals surface area (Å²) in [6.07, 6.45) is 7.37. The summed E-state index contributed by atoms with van der Waals surface area (Å²) in [7, 11) is 0. The van der Waals surface area contributed by atoms with Gasteiger partial charge in [0.2, 0.25) is 5.89 Å². The normalized spacial score (nSPS) is 18.3. The molecule has 0 aliphatic heterocycles. The molecule has 2 aromatic rings. The topological polar surface area (TPSA) is 77.0 Å². The molecule has 0 saturated heterocycles. The Kier molecular flexibility index (Phi) is 3.82. The van der Waals surface area contributed by atoms with Crippen molar-refractivity contribution in [1.29, 1.82) is 0 Å². The summed E-state index contributed by atoms with van der Waals surface area (Å²) in [4.78, 5) is 4.48. The summed E-state index contributed by atoms with van der Waals surface area (Å²) in [6, 6.07) is 1.80. The molecule has 20 heavy (non-hydrogen) atoms. The molecule has 1 aliphatic rings. The minimum absolute atomic E-state index is 0.427. The van der Waals surface area contributed by atoms with E-state index in [0.29, 0.717) is 24.0 Å². The van der Waals surface area contributed by atoms with E-state index >= 15 is 0 Å². The molecule has 2 heterocycles. The lowest BCUT2D eigenvalue weighted by atomic mass is 9.89. The highest BCUT2D eigenvalue weighted by molar-refractivity contribution is 5.03. The third-order valence-electron chi connectivity index (χ3n) is 3.83. The molecule has 0 unspecified atom stereocenters. The standard InChI is InChI=1S/C14H20N4O2/c1-10(19)12-7-8-18(16-12)9-13-15-14(20-17-13)11-5-3-2-4-6-11/h7-8,10-11,19H,2-6,9H2,1H3/t10-/m1/s1. The first kappa shape index (κ1) is 13.3. The number of rotatable bonds is 4. The van der Waals surface area contributed by atoms with E-state index < -0.39 is 6.10 Å². The Labute approximate surface area is 117 Å². The summed E-state index contributed by atoms with van der Waals surface area (Å²) in [6.45, 7) is 2.17. The highest BCUT2D eigenvalue weighted by Gasteiger charge is 2.21. The monoisotopic (exact) mass is 276 g/mol. The lowest BCUT2D eigenvalue weighted by Crippen LogP contribution is -2.06. The van der Waals surface area contributed by atoms with Gasteiger partial charge >= 0.3 is 0 Å². The summed E-state index contributed by atoms with van der Waals surface area (Å²) >= 11 is 0. The van der Waals surface area contributed by atoms with Crippen LogP contribution in [0.4, 0.5) is 0 Å². The second-order valence-electron chi connectivity index (χ2n) is 5.50. The van der Waals surface area contributed by atoms with Crippen molar-refractivity contribution in [3.05, 3.63) is 29.7 Å². The van der Waals surface area contributed by atoms with Crippen LogP contribution in [-0.2, 0) is 6.54 Å². The summed E-state index contributed by atoms with van der Waals surface area (Å²) in [5, 5.41) is 17.8. The van der Waals surface area contributed by atoms with Gasteiger partial charge in [0.25, 0.3) is 0 Å². The third-order valence-corrected chi connectivity index (χ3v) is 3.83. The van der Waals surface area contributed by atoms with Gasteiger partial charge in [-0.3, -0.25) is 4.68 Å². The Bertz CT molecular complexity index is 555. The van der Waals surface area contributed by atoms with Crippen LogP contribution in [0.1, 0.15) is 68.5 Å². The highest BCUT2D eigenvalue weighted by atomic mass is 16.5. The van der Waals surface area contributed by atoms with E-state index in [9.17, 15) is 5.11 Å². The summed E-state index contributed by atoms with van der Waals surface area (Å²) in [5.74, 6) is 1.84. The fourth-order valence-electron chi connectivity index (χ4n) is 2.68. The van der Waals surface area contributed by atoms with Crippen LogP contribution >= 0.6 is 0 Å². The average molecular weight is 276 g/mol. The van der Waals surface area contributed by atoms with Gasteiger partial charge in [0.1, 0.15) is 6.54 Å². The average Bonchev–Trinajstić information content (AvgIpc) is 3.10. The maximum atomic E-state index is 9.45. The van der Waals surface area contributed by atoms with Gasteiger partial charge in [-0.25, -0.2) is 0 Å². The Morgan fingerprint density at radius 2 is 2.20 bits per heavy atom. The smallest absolute Gasteiger partial charge is 0.229 e. The number of aromatic nitrogens is 4. The van der Waals surface area contributed by atoms with Gasteiger partial charge in [-0.1, -0.05) is 24.4 Å². The minimum atomic E-state index is -0.556. The molecular weight excluding hydrogens is 256 g/mol. The molecule has 1 aliphatic carbocycles. The van der Waals surface area contributed by atoms with Crippen molar-refractivity contribution >= 4 is 0 Å². The Morgan fingerprint density at radius 1 is 1.40 bits per heavy atom. The Balaban J connectivity index is 1.66. The SMILES string of the molecule is C[C@@H](O)c1ccn(Cc2noc(C3CCCCC3)n2)n1. The van der Waals surface area contributed by atoms with Crippen molar-refractivity contribution in [2.75, 3.05) is 0 Å². The van der Waals surface area contributed by atoms with Crippen molar-refractivity contribution in [3.63, 3.8) is 0 Å². The maximum absolute atomic E-state index is 9.45. The first-order chi connectivity index (χ1) is 9.72. The number of aliphatic hydroxyl groups is 1. The van der Waals surface area contributed by atoms with E-state index in [2.05, 4.69) is 15.2 Å². The number of nitrogens with zero attached hydrogens (tertiary/aromatic N) is 4. The lowest BCUT2D eigenvalue weighted by Gasteiger charge is -2.17. The third kappa shape index (κ3) is 2.90. The van der Waals surface area contributed by atoms with Crippen molar-refractivity contribution in [2.45, 2.75) is 57.6 Å². The molecule has 0 aromatic carbocycles. The molecule has 108 valence electrons. The van der Waals surface area contributed by atoms with Crippen molar-refractivity contribution in [1.82, 2.24) is 19.9 Å². The maximum Gasteiger partial charge on any atom is 0.229 e. The summed E-state index contributed by atoms with van der Waals surface area (Å²) in [5.41, 5.74) is 0.654. The molecule has 0 radical (unpaired) electrons. The fourth-order valence-corrected chi connectivity index (χ4v) is 2.68. The number of hydrogen-bond acceptors (Lipinski definition) is 5. The molecule has 1 saturated carbocycles. The van der Waals surface area contributed by atoms with Crippen LogP contribution in [0.25, 0.3) is 0 Å². The van der Waals surface area contributed by atoms with Crippen molar-refractivity contribution < 1.29 is 9.63 Å². The van der Waals surface area contributed by atoms with Crippen LogP contribution in [0.2, 0.25) is 0 Å². The van der Waals surface area contributed by atoms with E-state index in [1.54, 1.807) is 17.7 Å². The van der Waals surface area contributed by atoms with E-state index in [1.165, 1.54) is 19.3 Å². The van der Waals surface area contributed by atoms with Crippen molar-refractivity contribution in [3.8, 4) is 0 Å². The van der Waals surface area contributed by atoms with E-state index in [-0.39, 0.29) is 0 Å². The predicted molar refractivity (Wildman–Crippen MR) is 72.1 cm³/mol. The van der Waals surface area contributed by atoms with Crippen LogP contribution < -0.4 is 0 Å². The zero-order valence-corrected chi connectivity index (χ0v) is 11.7. The van der Waals surface area contributed by atoms with E-state index in [1.807, 2.05) is 6.20 Å². The Hall–Kier alpha value is -1.69. The van der Waals surface area contributed by atoms with Crippen LogP contribution in [-0.4, -0.2) is 25.0 Å². The second-order valence-corrected chi connectivity index (χ2v) is 5.50. The molecule has 1 N–H and O–H groups in total. The molecular formula is C14H20N4O2. The van der Waals surface area contributed by atoms with Gasteiger partial charge in [-0.2, -0.15) is 10.1 Å². The molecule has 6 nitrogen and oxygen atoms in total. The first-order valence-electron chi connectivity index (χ1n) is 7.26. The molecule has 0 bridgehead atoms. The van der Waals surface area contributed by atoms with E-state index in [4.69, 9.17) is 4.52 Å². The second kappa shape index (κ2) is 5.75. The molecule has 1 fully saturated rings. The zero-order chi connectivity index (χ0) is 13.9. The summed E-state index contributed by atoms with van der Waals surface area (Å²) < 4.78 is 7.10. The van der Waals surface area contributed by atoms with Gasteiger partial charge in [-0.05, 0) is 25.8 Å². The van der Waals surface area contributed by atoms with Gasteiger partial charge in [0.15, 0.2) is 5.82 Å². The molecule has 2 aromatic heterocycles. The van der Waals surface area contributed by atoms with Crippen LogP contribution in [0.3, 0.4) is 0 Å². The van der Waals surface area contributed by atoms with Crippen molar-refractivity contribution in [2.24, 2.45) is 0 Å². The first-order valence-corrected chi connectivity index (χ1v) is 7.26. The Morgan fingerprint density at radius 3 is 2.90 bits per heavy atom. The van der Waals surface area contributed by atoms with Gasteiger partial charge in [-0.15, -0.1) is 0 Å². The largest absolute Gasteiger partial charge is 0.387 e. The predicted octanol–water partition coefficient (Wildman–Crippen LogP) is 2.42. The highest BCUT2D eigenvalue weighted by Crippen LogP contribution is 2.31. The molecule has 3 rings (SSSR count). The van der Waals surface area contributed by atoms with Crippen LogP contribution in [0, 0.1) is 0 Å². The molecule has 1 atom stereocenters. The van der Waals surface area contributed by atoms with Gasteiger partial charge in [0.05, 0.1) is 11.8 Å². The fraction of sp³-hybridized carbons (Fsp3) is 0.643. The molecule has 6 heteroatoms. The lowest BCUT2D eigenvalue weighted by molar-refractivity contribution is 0.193. The molecule has 0 spiro atoms. The van der Waals surface area contributed by atoms with Crippen LogP contribution in [0.15, 0.2) is 16.8 Å². The zero-order valence-electron chi connectivity index (χ0n) is 11.7. The van der Waals surface area contributed by atoms with E-state index in [0.717, 1.165) is 18.7 Å². The van der Waals surface area contributed by atoms with Gasteiger partial charge < -0.3 is 9.63 Å². The molecule has 0 amide bonds.